The van der Waals surface area contributed by atoms with E-state index >= 15 is 0 Å². The van der Waals surface area contributed by atoms with Gasteiger partial charge in [-0.1, -0.05) is 29.8 Å². The quantitative estimate of drug-likeness (QED) is 0.646. The molecule has 4 aliphatic carbocycles. The molecule has 0 amide bonds. The average molecular weight is 369 g/mol. The van der Waals surface area contributed by atoms with E-state index in [4.69, 9.17) is 0 Å². The van der Waals surface area contributed by atoms with Crippen LogP contribution in [-0.2, 0) is 4.79 Å². The van der Waals surface area contributed by atoms with Gasteiger partial charge in [-0.3, -0.25) is 4.79 Å². The molecule has 3 heteroatoms. The van der Waals surface area contributed by atoms with Gasteiger partial charge in [-0.05, 0) is 80.5 Å². The second-order valence-electron chi connectivity index (χ2n) is 9.11. The average Bonchev–Trinajstić information content (AvgIpc) is 2.72. The lowest BCUT2D eigenvalue weighted by atomic mass is 9.45. The van der Waals surface area contributed by atoms with E-state index in [9.17, 15) is 9.90 Å². The molecule has 2 nitrogen and oxygen atoms in total. The van der Waals surface area contributed by atoms with Gasteiger partial charge in [0.1, 0.15) is 0 Å². The zero-order valence-electron chi connectivity index (χ0n) is 13.9. The Kier molecular flexibility index (Phi) is 3.59. The third-order valence-corrected chi connectivity index (χ3v) is 9.13. The number of carbonyl (C=O) groups is 1. The topological polar surface area (TPSA) is 37.3 Å². The van der Waals surface area contributed by atoms with Gasteiger partial charge in [0.2, 0.25) is 0 Å². The Morgan fingerprint density at radius 1 is 1.05 bits per heavy atom. The molecule has 22 heavy (non-hydrogen) atoms. The summed E-state index contributed by atoms with van der Waals surface area (Å²) in [6.07, 6.45) is 9.04. The molecule has 4 aliphatic rings. The van der Waals surface area contributed by atoms with E-state index in [1.165, 1.54) is 25.7 Å². The Morgan fingerprint density at radius 3 is 2.59 bits per heavy atom. The molecular weight excluding hydrogens is 340 g/mol. The van der Waals surface area contributed by atoms with Gasteiger partial charge in [0, 0.05) is 5.41 Å². The molecule has 1 N–H and O–H groups in total. The molecule has 0 aromatic heterocycles. The Bertz CT molecular complexity index is 492. The molecule has 124 valence electrons. The van der Waals surface area contributed by atoms with Crippen molar-refractivity contribution in [3.63, 3.8) is 0 Å². The molecule has 0 unspecified atom stereocenters. The highest BCUT2D eigenvalue weighted by Gasteiger charge is 2.61. The van der Waals surface area contributed by atoms with Crippen LogP contribution >= 0.6 is 15.9 Å². The number of hydrogen-bond acceptors (Lipinski definition) is 2. The van der Waals surface area contributed by atoms with Crippen molar-refractivity contribution in [2.75, 3.05) is 0 Å². The lowest BCUT2D eigenvalue weighted by Crippen LogP contribution is -2.54. The number of aliphatic hydroxyl groups is 1. The summed E-state index contributed by atoms with van der Waals surface area (Å²) in [7, 11) is 0. The van der Waals surface area contributed by atoms with E-state index in [0.717, 1.165) is 37.5 Å². The van der Waals surface area contributed by atoms with Crippen LogP contribution in [0.15, 0.2) is 0 Å². The number of carbonyl (C=O) groups excluding carboxylic acids is 1. The number of Topliss-reactive ketones (excluding diaryl/α,β-unsaturated/α-hetero) is 1. The summed E-state index contributed by atoms with van der Waals surface area (Å²) in [5.41, 5.74) is 0.351. The first-order valence-electron chi connectivity index (χ1n) is 9.23. The first kappa shape index (κ1) is 15.6. The summed E-state index contributed by atoms with van der Waals surface area (Å²) in [6.45, 7) is 4.75. The van der Waals surface area contributed by atoms with Gasteiger partial charge in [0.05, 0.1) is 10.9 Å². The number of ketones is 1. The molecule has 0 bridgehead atoms. The third-order valence-electron chi connectivity index (χ3n) is 8.34. The molecule has 4 fully saturated rings. The molecule has 0 radical (unpaired) electrons. The predicted octanol–water partition coefficient (Wildman–Crippen LogP) is 4.33. The molecule has 4 saturated carbocycles. The minimum Gasteiger partial charge on any atom is -0.393 e. The molecule has 0 saturated heterocycles. The van der Waals surface area contributed by atoms with E-state index in [1.807, 2.05) is 0 Å². The van der Waals surface area contributed by atoms with Crippen LogP contribution in [0.1, 0.15) is 65.2 Å². The Labute approximate surface area is 142 Å². The number of alkyl halides is 1. The molecule has 0 heterocycles. The highest BCUT2D eigenvalue weighted by Crippen LogP contribution is 2.65. The van der Waals surface area contributed by atoms with Gasteiger partial charge >= 0.3 is 0 Å². The molecule has 0 spiro atoms. The van der Waals surface area contributed by atoms with Crippen molar-refractivity contribution < 1.29 is 9.90 Å². The van der Waals surface area contributed by atoms with Crippen molar-refractivity contribution in [2.45, 2.75) is 76.1 Å². The van der Waals surface area contributed by atoms with Crippen molar-refractivity contribution in [1.29, 1.82) is 0 Å². The molecule has 8 atom stereocenters. The zero-order chi connectivity index (χ0) is 15.7. The normalized spacial score (nSPS) is 57.9. The van der Waals surface area contributed by atoms with E-state index in [2.05, 4.69) is 29.8 Å². The molecular formula is C19H29BrO2. The number of rotatable bonds is 0. The largest absolute Gasteiger partial charge is 0.393 e. The second kappa shape index (κ2) is 5.05. The molecule has 4 rings (SSSR count). The van der Waals surface area contributed by atoms with Crippen LogP contribution in [0.3, 0.4) is 0 Å². The molecule has 0 aromatic carbocycles. The lowest BCUT2D eigenvalue weighted by molar-refractivity contribution is -0.142. The molecule has 0 aliphatic heterocycles. The summed E-state index contributed by atoms with van der Waals surface area (Å²) in [6, 6.07) is 0. The number of halogens is 1. The number of hydrogen-bond donors (Lipinski definition) is 1. The highest BCUT2D eigenvalue weighted by atomic mass is 79.9. The fourth-order valence-electron chi connectivity index (χ4n) is 6.98. The van der Waals surface area contributed by atoms with Gasteiger partial charge in [-0.2, -0.15) is 0 Å². The minimum atomic E-state index is -0.0662. The van der Waals surface area contributed by atoms with Gasteiger partial charge in [-0.25, -0.2) is 0 Å². The third kappa shape index (κ3) is 1.97. The fraction of sp³-hybridized carbons (Fsp3) is 0.947. The van der Waals surface area contributed by atoms with E-state index in [0.29, 0.717) is 23.0 Å². The van der Waals surface area contributed by atoms with Gasteiger partial charge in [0.25, 0.3) is 0 Å². The van der Waals surface area contributed by atoms with Gasteiger partial charge in [-0.15, -0.1) is 0 Å². The highest BCUT2D eigenvalue weighted by molar-refractivity contribution is 9.10. The maximum atomic E-state index is 12.7. The van der Waals surface area contributed by atoms with Crippen LogP contribution in [0.25, 0.3) is 0 Å². The van der Waals surface area contributed by atoms with E-state index in [-0.39, 0.29) is 16.3 Å². The number of fused-ring (bicyclic) bond motifs is 5. The summed E-state index contributed by atoms with van der Waals surface area (Å²) in [5, 5.41) is 10.1. The minimum absolute atomic E-state index is 0.0628. The molecule has 0 aromatic rings. The Hall–Kier alpha value is 0.110. The van der Waals surface area contributed by atoms with Crippen molar-refractivity contribution >= 4 is 21.7 Å². The smallest absolute Gasteiger partial charge is 0.152 e. The summed E-state index contributed by atoms with van der Waals surface area (Å²) in [4.78, 5) is 12.8. The Morgan fingerprint density at radius 2 is 1.82 bits per heavy atom. The van der Waals surface area contributed by atoms with Gasteiger partial charge < -0.3 is 5.11 Å². The SMILES string of the molecule is C[C@@]12CC[C@@H](O)C[C@H]1CC[C@H]1[C@H]2CC[C@@]2(C)C(=O)[C@H](Br)C[C@H]12. The monoisotopic (exact) mass is 368 g/mol. The standard InChI is InChI=1S/C19H29BrO2/c1-18-7-5-12(21)9-11(18)3-4-13-14(18)6-8-19(2)15(13)10-16(20)17(19)22/h11-16,21H,3-10H2,1-2H3/t11-,12-,13+,14-,15-,16-,18-,19-/m1/s1. The maximum Gasteiger partial charge on any atom is 0.152 e. The van der Waals surface area contributed by atoms with E-state index < -0.39 is 0 Å². The van der Waals surface area contributed by atoms with Crippen LogP contribution in [0.4, 0.5) is 0 Å². The predicted molar refractivity (Wildman–Crippen MR) is 90.8 cm³/mol. The van der Waals surface area contributed by atoms with Crippen molar-refractivity contribution in [3.05, 3.63) is 0 Å². The first-order valence-corrected chi connectivity index (χ1v) is 10.1. The van der Waals surface area contributed by atoms with Crippen LogP contribution in [0.5, 0.6) is 0 Å². The van der Waals surface area contributed by atoms with Crippen molar-refractivity contribution in [3.8, 4) is 0 Å². The lowest BCUT2D eigenvalue weighted by Gasteiger charge is -2.60. The van der Waals surface area contributed by atoms with Crippen molar-refractivity contribution in [1.82, 2.24) is 0 Å². The van der Waals surface area contributed by atoms with E-state index in [1.54, 1.807) is 0 Å². The number of aliphatic hydroxyl groups excluding tert-OH is 1. The fourth-order valence-corrected chi connectivity index (χ4v) is 7.91. The summed E-state index contributed by atoms with van der Waals surface area (Å²) >= 11 is 3.65. The summed E-state index contributed by atoms with van der Waals surface area (Å²) in [5.74, 6) is 3.29. The summed E-state index contributed by atoms with van der Waals surface area (Å²) < 4.78 is 0. The Balaban J connectivity index is 1.64. The van der Waals surface area contributed by atoms with Crippen LogP contribution in [0.2, 0.25) is 0 Å². The maximum absolute atomic E-state index is 12.7. The van der Waals surface area contributed by atoms with Crippen molar-refractivity contribution in [2.24, 2.45) is 34.5 Å². The van der Waals surface area contributed by atoms with Crippen LogP contribution in [0, 0.1) is 34.5 Å². The second-order valence-corrected chi connectivity index (χ2v) is 10.2. The van der Waals surface area contributed by atoms with Gasteiger partial charge in [0.15, 0.2) is 5.78 Å². The zero-order valence-corrected chi connectivity index (χ0v) is 15.4. The first-order chi connectivity index (χ1) is 10.4. The van der Waals surface area contributed by atoms with Crippen LogP contribution < -0.4 is 0 Å². The van der Waals surface area contributed by atoms with Crippen LogP contribution in [-0.4, -0.2) is 21.8 Å².